The third kappa shape index (κ3) is 3.40. The quantitative estimate of drug-likeness (QED) is 0.804. The Balaban J connectivity index is 1.95. The van der Waals surface area contributed by atoms with Gasteiger partial charge in [0.2, 0.25) is 0 Å². The van der Waals surface area contributed by atoms with Gasteiger partial charge in [0.05, 0.1) is 19.3 Å². The van der Waals surface area contributed by atoms with E-state index in [0.29, 0.717) is 0 Å². The van der Waals surface area contributed by atoms with Crippen LogP contribution in [0, 0.1) is 0 Å². The van der Waals surface area contributed by atoms with Crippen LogP contribution in [0.5, 0.6) is 0 Å². The second-order valence-corrected chi connectivity index (χ2v) is 4.31. The van der Waals surface area contributed by atoms with Crippen molar-refractivity contribution in [3.63, 3.8) is 0 Å². The van der Waals surface area contributed by atoms with E-state index in [9.17, 15) is 5.11 Å². The molecule has 1 saturated heterocycles. The van der Waals surface area contributed by atoms with Gasteiger partial charge in [-0.3, -0.25) is 4.90 Å². The number of hydrogen-bond acceptors (Lipinski definition) is 3. The molecule has 1 aliphatic heterocycles. The van der Waals surface area contributed by atoms with Crippen LogP contribution in [0.2, 0.25) is 0 Å². The van der Waals surface area contributed by atoms with Crippen molar-refractivity contribution in [2.45, 2.75) is 12.6 Å². The molecule has 1 unspecified atom stereocenters. The number of nitrogens with zero attached hydrogens (tertiary/aromatic N) is 1. The van der Waals surface area contributed by atoms with Gasteiger partial charge < -0.3 is 9.84 Å². The second kappa shape index (κ2) is 5.96. The molecule has 3 heteroatoms. The summed E-state index contributed by atoms with van der Waals surface area (Å²) in [6, 6.07) is 8.05. The van der Waals surface area contributed by atoms with Gasteiger partial charge in [-0.1, -0.05) is 30.3 Å². The van der Waals surface area contributed by atoms with Crippen LogP contribution in [0.3, 0.4) is 0 Å². The minimum atomic E-state index is -0.563. The molecule has 1 N–H and O–H groups in total. The largest absolute Gasteiger partial charge is 0.384 e. The third-order valence-corrected chi connectivity index (χ3v) is 3.05. The van der Waals surface area contributed by atoms with Gasteiger partial charge in [-0.25, -0.2) is 0 Å². The Kier molecular flexibility index (Phi) is 4.31. The smallest absolute Gasteiger partial charge is 0.0969 e. The lowest BCUT2D eigenvalue weighted by Crippen LogP contribution is -2.35. The minimum absolute atomic E-state index is 0.563. The number of rotatable bonds is 4. The molecule has 1 heterocycles. The van der Waals surface area contributed by atoms with Gasteiger partial charge >= 0.3 is 0 Å². The van der Waals surface area contributed by atoms with E-state index in [2.05, 4.69) is 23.6 Å². The Bertz CT molecular complexity index is 355. The van der Waals surface area contributed by atoms with Gasteiger partial charge in [0.1, 0.15) is 0 Å². The molecule has 1 fully saturated rings. The summed E-state index contributed by atoms with van der Waals surface area (Å²) in [4.78, 5) is 2.38. The lowest BCUT2D eigenvalue weighted by atomic mass is 10.1. The van der Waals surface area contributed by atoms with Crippen molar-refractivity contribution in [3.05, 3.63) is 48.0 Å². The standard InChI is InChI=1S/C14H19NO2/c1-2-14(16)13-5-3-12(4-6-13)11-15-7-9-17-10-8-15/h2-6,14,16H,1,7-11H2. The zero-order chi connectivity index (χ0) is 12.1. The molecule has 0 amide bonds. The van der Waals surface area contributed by atoms with Crippen LogP contribution in [-0.2, 0) is 11.3 Å². The maximum Gasteiger partial charge on any atom is 0.0969 e. The number of morpholine rings is 1. The highest BCUT2D eigenvalue weighted by molar-refractivity contribution is 5.25. The molecule has 0 saturated carbocycles. The van der Waals surface area contributed by atoms with Crippen LogP contribution in [0.1, 0.15) is 17.2 Å². The summed E-state index contributed by atoms with van der Waals surface area (Å²) in [5.41, 5.74) is 2.16. The van der Waals surface area contributed by atoms with Crippen molar-refractivity contribution in [3.8, 4) is 0 Å². The van der Waals surface area contributed by atoms with Crippen molar-refractivity contribution in [1.29, 1.82) is 0 Å². The first kappa shape index (κ1) is 12.3. The van der Waals surface area contributed by atoms with Crippen molar-refractivity contribution in [2.24, 2.45) is 0 Å². The van der Waals surface area contributed by atoms with Gasteiger partial charge in [0.25, 0.3) is 0 Å². The molecule has 1 aromatic rings. The van der Waals surface area contributed by atoms with E-state index < -0.39 is 6.10 Å². The number of benzene rings is 1. The van der Waals surface area contributed by atoms with E-state index in [4.69, 9.17) is 4.74 Å². The summed E-state index contributed by atoms with van der Waals surface area (Å²) in [6.07, 6.45) is 0.976. The molecule has 92 valence electrons. The Morgan fingerprint density at radius 1 is 1.29 bits per heavy atom. The molecular formula is C14H19NO2. The number of aliphatic hydroxyl groups is 1. The highest BCUT2D eigenvalue weighted by Gasteiger charge is 2.10. The molecule has 0 aromatic heterocycles. The second-order valence-electron chi connectivity index (χ2n) is 4.31. The SMILES string of the molecule is C=CC(O)c1ccc(CN2CCOCC2)cc1. The van der Waals surface area contributed by atoms with E-state index in [-0.39, 0.29) is 0 Å². The van der Waals surface area contributed by atoms with Crippen LogP contribution in [0.25, 0.3) is 0 Å². The van der Waals surface area contributed by atoms with Crippen LogP contribution in [0.15, 0.2) is 36.9 Å². The first-order chi connectivity index (χ1) is 8.29. The summed E-state index contributed by atoms with van der Waals surface area (Å²) in [7, 11) is 0. The average molecular weight is 233 g/mol. The zero-order valence-corrected chi connectivity index (χ0v) is 10.0. The molecule has 0 radical (unpaired) electrons. The molecule has 17 heavy (non-hydrogen) atoms. The predicted molar refractivity (Wildman–Crippen MR) is 67.7 cm³/mol. The van der Waals surface area contributed by atoms with E-state index in [1.54, 1.807) is 0 Å². The maximum atomic E-state index is 9.60. The van der Waals surface area contributed by atoms with Crippen molar-refractivity contribution < 1.29 is 9.84 Å². The minimum Gasteiger partial charge on any atom is -0.384 e. The zero-order valence-electron chi connectivity index (χ0n) is 10.0. The number of aliphatic hydroxyl groups excluding tert-OH is 1. The monoisotopic (exact) mass is 233 g/mol. The topological polar surface area (TPSA) is 32.7 Å². The Morgan fingerprint density at radius 3 is 2.53 bits per heavy atom. The fourth-order valence-electron chi connectivity index (χ4n) is 1.97. The lowest BCUT2D eigenvalue weighted by molar-refractivity contribution is 0.0342. The fourth-order valence-corrected chi connectivity index (χ4v) is 1.97. The van der Waals surface area contributed by atoms with Crippen LogP contribution in [-0.4, -0.2) is 36.3 Å². The summed E-state index contributed by atoms with van der Waals surface area (Å²) in [5.74, 6) is 0. The van der Waals surface area contributed by atoms with Gasteiger partial charge in [0, 0.05) is 19.6 Å². The van der Waals surface area contributed by atoms with E-state index in [0.717, 1.165) is 38.4 Å². The molecule has 0 spiro atoms. The fraction of sp³-hybridized carbons (Fsp3) is 0.429. The average Bonchev–Trinajstić information content (AvgIpc) is 2.40. The molecule has 1 aromatic carbocycles. The van der Waals surface area contributed by atoms with Gasteiger partial charge in [-0.15, -0.1) is 6.58 Å². The normalized spacial score (nSPS) is 18.9. The Labute approximate surface area is 102 Å². The van der Waals surface area contributed by atoms with E-state index in [1.165, 1.54) is 11.6 Å². The van der Waals surface area contributed by atoms with Gasteiger partial charge in [-0.05, 0) is 11.1 Å². The van der Waals surface area contributed by atoms with E-state index >= 15 is 0 Å². The summed E-state index contributed by atoms with van der Waals surface area (Å²) in [6.45, 7) is 8.18. The van der Waals surface area contributed by atoms with Crippen molar-refractivity contribution in [2.75, 3.05) is 26.3 Å². The molecule has 1 atom stereocenters. The highest BCUT2D eigenvalue weighted by atomic mass is 16.5. The molecule has 0 bridgehead atoms. The van der Waals surface area contributed by atoms with Crippen molar-refractivity contribution >= 4 is 0 Å². The van der Waals surface area contributed by atoms with Gasteiger partial charge in [0.15, 0.2) is 0 Å². The van der Waals surface area contributed by atoms with Gasteiger partial charge in [-0.2, -0.15) is 0 Å². The van der Waals surface area contributed by atoms with E-state index in [1.807, 2.05) is 12.1 Å². The molecule has 0 aliphatic carbocycles. The summed E-state index contributed by atoms with van der Waals surface area (Å²) < 4.78 is 5.32. The summed E-state index contributed by atoms with van der Waals surface area (Å²) >= 11 is 0. The molecule has 3 nitrogen and oxygen atoms in total. The summed E-state index contributed by atoms with van der Waals surface area (Å²) in [5, 5.41) is 9.60. The highest BCUT2D eigenvalue weighted by Crippen LogP contribution is 2.15. The maximum absolute atomic E-state index is 9.60. The Morgan fingerprint density at radius 2 is 1.94 bits per heavy atom. The molecular weight excluding hydrogens is 214 g/mol. The number of ether oxygens (including phenoxy) is 1. The predicted octanol–water partition coefficient (Wildman–Crippen LogP) is 1.74. The molecule has 1 aliphatic rings. The Hall–Kier alpha value is -1.16. The number of hydrogen-bond donors (Lipinski definition) is 1. The third-order valence-electron chi connectivity index (χ3n) is 3.05. The molecule has 2 rings (SSSR count). The first-order valence-electron chi connectivity index (χ1n) is 5.99. The first-order valence-corrected chi connectivity index (χ1v) is 5.99. The van der Waals surface area contributed by atoms with Crippen LogP contribution >= 0.6 is 0 Å². The van der Waals surface area contributed by atoms with Crippen LogP contribution in [0.4, 0.5) is 0 Å². The lowest BCUT2D eigenvalue weighted by Gasteiger charge is -2.26. The van der Waals surface area contributed by atoms with Crippen molar-refractivity contribution in [1.82, 2.24) is 4.90 Å². The van der Waals surface area contributed by atoms with Crippen LogP contribution < -0.4 is 0 Å².